The largest absolute Gasteiger partial charge is 0.497 e. The zero-order valence-electron chi connectivity index (χ0n) is 11.4. The molecule has 1 aromatic rings. The van der Waals surface area contributed by atoms with Gasteiger partial charge in [0.05, 0.1) is 7.11 Å². The topological polar surface area (TPSA) is 9.23 Å². The molecule has 0 saturated carbocycles. The van der Waals surface area contributed by atoms with Crippen LogP contribution in [-0.4, -0.2) is 7.11 Å². The molecule has 1 rings (SSSR count). The van der Waals surface area contributed by atoms with E-state index in [-0.39, 0.29) is 0 Å². The summed E-state index contributed by atoms with van der Waals surface area (Å²) in [5.74, 6) is 7.37. The summed E-state index contributed by atoms with van der Waals surface area (Å²) in [5, 5.41) is 0. The molecule has 0 radical (unpaired) electrons. The highest BCUT2D eigenvalue weighted by atomic mass is 16.5. The lowest BCUT2D eigenvalue weighted by atomic mass is 9.98. The van der Waals surface area contributed by atoms with Gasteiger partial charge in [0.15, 0.2) is 0 Å². The van der Waals surface area contributed by atoms with Crippen molar-refractivity contribution < 1.29 is 4.74 Å². The monoisotopic (exact) mass is 230 g/mol. The van der Waals surface area contributed by atoms with Crippen molar-refractivity contribution in [2.24, 2.45) is 0 Å². The van der Waals surface area contributed by atoms with Crippen LogP contribution in [0.25, 0.3) is 0 Å². The van der Waals surface area contributed by atoms with Crippen molar-refractivity contribution in [2.45, 2.75) is 46.5 Å². The number of methoxy groups -OCH3 is 1. The number of aryl methyl sites for hydroxylation is 2. The molecule has 0 N–H and O–H groups in total. The fourth-order valence-electron chi connectivity index (χ4n) is 1.96. The third-order valence-corrected chi connectivity index (χ3v) is 2.91. The normalized spacial score (nSPS) is 9.65. The molecule has 0 spiro atoms. The van der Waals surface area contributed by atoms with Gasteiger partial charge in [-0.2, -0.15) is 0 Å². The highest BCUT2D eigenvalue weighted by Gasteiger charge is 2.04. The van der Waals surface area contributed by atoms with Gasteiger partial charge < -0.3 is 4.74 Å². The second kappa shape index (κ2) is 7.01. The molecule has 0 aliphatic carbocycles. The summed E-state index contributed by atoms with van der Waals surface area (Å²) in [6, 6.07) is 4.20. The van der Waals surface area contributed by atoms with Gasteiger partial charge in [0.1, 0.15) is 5.75 Å². The van der Waals surface area contributed by atoms with Gasteiger partial charge >= 0.3 is 0 Å². The van der Waals surface area contributed by atoms with Crippen LogP contribution in [0, 0.1) is 25.7 Å². The molecule has 0 bridgehead atoms. The summed E-state index contributed by atoms with van der Waals surface area (Å²) in [7, 11) is 1.71. The molecule has 0 fully saturated rings. The molecule has 0 amide bonds. The minimum atomic E-state index is 0.945. The smallest absolute Gasteiger partial charge is 0.119 e. The fourth-order valence-corrected chi connectivity index (χ4v) is 1.96. The average Bonchev–Trinajstić information content (AvgIpc) is 2.31. The Balaban J connectivity index is 2.69. The van der Waals surface area contributed by atoms with Gasteiger partial charge in [-0.15, -0.1) is 11.8 Å². The van der Waals surface area contributed by atoms with Crippen LogP contribution in [0.1, 0.15) is 42.9 Å². The van der Waals surface area contributed by atoms with Crippen molar-refractivity contribution in [1.82, 2.24) is 0 Å². The lowest BCUT2D eigenvalue weighted by molar-refractivity contribution is 0.414. The first kappa shape index (κ1) is 13.6. The van der Waals surface area contributed by atoms with Crippen LogP contribution in [0.2, 0.25) is 0 Å². The van der Waals surface area contributed by atoms with E-state index in [0.717, 1.165) is 31.4 Å². The van der Waals surface area contributed by atoms with Gasteiger partial charge in [-0.1, -0.05) is 6.92 Å². The number of hydrogen-bond acceptors (Lipinski definition) is 1. The standard InChI is InChI=1S/C16H22O/c1-5-6-7-8-9-10-16-13(2)11-15(17-4)12-14(16)3/h11-12H,5-6,9-10H2,1-4H3. The van der Waals surface area contributed by atoms with Gasteiger partial charge in [-0.3, -0.25) is 0 Å². The first-order valence-corrected chi connectivity index (χ1v) is 6.28. The Labute approximate surface area is 105 Å². The van der Waals surface area contributed by atoms with E-state index >= 15 is 0 Å². The third-order valence-electron chi connectivity index (χ3n) is 2.91. The molecule has 1 aromatic carbocycles. The van der Waals surface area contributed by atoms with Crippen LogP contribution in [0.4, 0.5) is 0 Å². The molecule has 0 saturated heterocycles. The lowest BCUT2D eigenvalue weighted by Gasteiger charge is -2.10. The van der Waals surface area contributed by atoms with Gasteiger partial charge in [0, 0.05) is 12.8 Å². The van der Waals surface area contributed by atoms with Crippen LogP contribution >= 0.6 is 0 Å². The van der Waals surface area contributed by atoms with Crippen molar-refractivity contribution in [3.63, 3.8) is 0 Å². The Morgan fingerprint density at radius 1 is 1.06 bits per heavy atom. The van der Waals surface area contributed by atoms with Crippen molar-refractivity contribution >= 4 is 0 Å². The van der Waals surface area contributed by atoms with E-state index in [1.165, 1.54) is 16.7 Å². The zero-order chi connectivity index (χ0) is 12.7. The minimum absolute atomic E-state index is 0.945. The maximum atomic E-state index is 5.26. The predicted octanol–water partition coefficient (Wildman–Crippen LogP) is 4.05. The summed E-state index contributed by atoms with van der Waals surface area (Å²) >= 11 is 0. The SMILES string of the molecule is CCCC#CCCc1c(C)cc(OC)cc1C. The summed E-state index contributed by atoms with van der Waals surface area (Å²) in [5.41, 5.74) is 4.02. The van der Waals surface area contributed by atoms with Crippen molar-refractivity contribution in [2.75, 3.05) is 7.11 Å². The first-order chi connectivity index (χ1) is 8.19. The Kier molecular flexibility index (Phi) is 5.63. The predicted molar refractivity (Wildman–Crippen MR) is 73.5 cm³/mol. The number of unbranched alkanes of at least 4 members (excludes halogenated alkanes) is 1. The number of ether oxygens (including phenoxy) is 1. The molecule has 0 aliphatic rings. The van der Waals surface area contributed by atoms with E-state index in [1.54, 1.807) is 7.11 Å². The highest BCUT2D eigenvalue weighted by molar-refractivity contribution is 5.41. The number of rotatable bonds is 4. The lowest BCUT2D eigenvalue weighted by Crippen LogP contribution is -1.95. The van der Waals surface area contributed by atoms with Crippen molar-refractivity contribution in [3.8, 4) is 17.6 Å². The van der Waals surface area contributed by atoms with E-state index in [1.807, 2.05) is 0 Å². The van der Waals surface area contributed by atoms with Crippen LogP contribution < -0.4 is 4.74 Å². The molecule has 1 heteroatoms. The van der Waals surface area contributed by atoms with E-state index in [0.29, 0.717) is 0 Å². The molecule has 0 atom stereocenters. The third kappa shape index (κ3) is 4.15. The summed E-state index contributed by atoms with van der Waals surface area (Å²) < 4.78 is 5.26. The van der Waals surface area contributed by atoms with Crippen LogP contribution in [0.15, 0.2) is 12.1 Å². The molecule has 92 valence electrons. The summed E-state index contributed by atoms with van der Waals surface area (Å²) in [4.78, 5) is 0. The maximum absolute atomic E-state index is 5.26. The van der Waals surface area contributed by atoms with E-state index < -0.39 is 0 Å². The molecule has 0 unspecified atom stereocenters. The molecule has 1 nitrogen and oxygen atoms in total. The Morgan fingerprint density at radius 2 is 1.65 bits per heavy atom. The van der Waals surface area contributed by atoms with E-state index in [4.69, 9.17) is 4.74 Å². The Hall–Kier alpha value is -1.42. The maximum Gasteiger partial charge on any atom is 0.119 e. The second-order valence-corrected chi connectivity index (χ2v) is 4.34. The fraction of sp³-hybridized carbons (Fsp3) is 0.500. The first-order valence-electron chi connectivity index (χ1n) is 6.28. The molecule has 17 heavy (non-hydrogen) atoms. The molecule has 0 heterocycles. The van der Waals surface area contributed by atoms with Crippen LogP contribution in [0.5, 0.6) is 5.75 Å². The molecule has 0 aromatic heterocycles. The Bertz CT molecular complexity index is 398. The van der Waals surface area contributed by atoms with Crippen LogP contribution in [-0.2, 0) is 6.42 Å². The van der Waals surface area contributed by atoms with Gasteiger partial charge in [0.2, 0.25) is 0 Å². The number of hydrogen-bond donors (Lipinski definition) is 0. The summed E-state index contributed by atoms with van der Waals surface area (Å²) in [6.45, 7) is 6.45. The second-order valence-electron chi connectivity index (χ2n) is 4.34. The molecule has 0 aliphatic heterocycles. The Morgan fingerprint density at radius 3 is 2.18 bits per heavy atom. The average molecular weight is 230 g/mol. The molecular weight excluding hydrogens is 208 g/mol. The van der Waals surface area contributed by atoms with Gasteiger partial charge in [-0.05, 0) is 55.5 Å². The van der Waals surface area contributed by atoms with E-state index in [9.17, 15) is 0 Å². The highest BCUT2D eigenvalue weighted by Crippen LogP contribution is 2.22. The quantitative estimate of drug-likeness (QED) is 0.709. The van der Waals surface area contributed by atoms with Crippen molar-refractivity contribution in [1.29, 1.82) is 0 Å². The van der Waals surface area contributed by atoms with Gasteiger partial charge in [0.25, 0.3) is 0 Å². The minimum Gasteiger partial charge on any atom is -0.497 e. The van der Waals surface area contributed by atoms with Crippen molar-refractivity contribution in [3.05, 3.63) is 28.8 Å². The van der Waals surface area contributed by atoms with Crippen LogP contribution in [0.3, 0.4) is 0 Å². The molecular formula is C16H22O. The van der Waals surface area contributed by atoms with E-state index in [2.05, 4.69) is 44.7 Å². The zero-order valence-corrected chi connectivity index (χ0v) is 11.4. The summed E-state index contributed by atoms with van der Waals surface area (Å²) in [6.07, 6.45) is 4.15. The van der Waals surface area contributed by atoms with Gasteiger partial charge in [-0.25, -0.2) is 0 Å². The number of benzene rings is 1.